The van der Waals surface area contributed by atoms with E-state index in [0.717, 1.165) is 16.8 Å². The van der Waals surface area contributed by atoms with Crippen molar-refractivity contribution in [2.24, 2.45) is 0 Å². The summed E-state index contributed by atoms with van der Waals surface area (Å²) in [6, 6.07) is 11.4. The number of benzene rings is 2. The van der Waals surface area contributed by atoms with Crippen molar-refractivity contribution < 1.29 is 18.7 Å². The SMILES string of the molecule is CC(NC(=O)CCOc1ccc(F)cc1)c1ccc2c(c1)CCC(=O)N2. The molecule has 0 aromatic heterocycles. The predicted octanol–water partition coefficient (Wildman–Crippen LogP) is 3.36. The summed E-state index contributed by atoms with van der Waals surface area (Å²) >= 11 is 0. The first kappa shape index (κ1) is 17.9. The Kier molecular flexibility index (Phi) is 5.51. The van der Waals surface area contributed by atoms with Crippen LogP contribution in [0, 0.1) is 5.82 Å². The Labute approximate surface area is 151 Å². The highest BCUT2D eigenvalue weighted by Crippen LogP contribution is 2.26. The zero-order valence-corrected chi connectivity index (χ0v) is 14.5. The van der Waals surface area contributed by atoms with Gasteiger partial charge in [0.15, 0.2) is 0 Å². The summed E-state index contributed by atoms with van der Waals surface area (Å²) in [7, 11) is 0. The number of nitrogens with one attached hydrogen (secondary N) is 2. The number of anilines is 1. The Morgan fingerprint density at radius 3 is 2.77 bits per heavy atom. The van der Waals surface area contributed by atoms with Crippen molar-refractivity contribution in [1.82, 2.24) is 5.32 Å². The molecule has 0 spiro atoms. The Morgan fingerprint density at radius 2 is 2.00 bits per heavy atom. The molecule has 2 N–H and O–H groups in total. The van der Waals surface area contributed by atoms with Gasteiger partial charge in [-0.25, -0.2) is 4.39 Å². The quantitative estimate of drug-likeness (QED) is 0.834. The lowest BCUT2D eigenvalue weighted by Crippen LogP contribution is -2.28. The van der Waals surface area contributed by atoms with Gasteiger partial charge in [-0.3, -0.25) is 9.59 Å². The van der Waals surface area contributed by atoms with Crippen LogP contribution in [0.25, 0.3) is 0 Å². The van der Waals surface area contributed by atoms with Gasteiger partial charge in [-0.15, -0.1) is 0 Å². The third kappa shape index (κ3) is 4.59. The molecule has 2 aromatic rings. The third-order valence-electron chi connectivity index (χ3n) is 4.31. The van der Waals surface area contributed by atoms with Crippen LogP contribution in [0.15, 0.2) is 42.5 Å². The van der Waals surface area contributed by atoms with Crippen molar-refractivity contribution in [1.29, 1.82) is 0 Å². The van der Waals surface area contributed by atoms with Crippen LogP contribution >= 0.6 is 0 Å². The number of carbonyl (C=O) groups excluding carboxylic acids is 2. The van der Waals surface area contributed by atoms with Gasteiger partial charge in [0.1, 0.15) is 11.6 Å². The van der Waals surface area contributed by atoms with Crippen molar-refractivity contribution >= 4 is 17.5 Å². The predicted molar refractivity (Wildman–Crippen MR) is 96.5 cm³/mol. The minimum Gasteiger partial charge on any atom is -0.493 e. The van der Waals surface area contributed by atoms with Crippen LogP contribution in [0.2, 0.25) is 0 Å². The first-order chi connectivity index (χ1) is 12.5. The van der Waals surface area contributed by atoms with Crippen LogP contribution in [0.1, 0.15) is 36.9 Å². The van der Waals surface area contributed by atoms with E-state index in [9.17, 15) is 14.0 Å². The van der Waals surface area contributed by atoms with E-state index in [2.05, 4.69) is 10.6 Å². The average molecular weight is 356 g/mol. The van der Waals surface area contributed by atoms with E-state index in [1.807, 2.05) is 25.1 Å². The average Bonchev–Trinajstić information content (AvgIpc) is 2.63. The molecule has 5 nitrogen and oxygen atoms in total. The molecule has 0 fully saturated rings. The number of amides is 2. The summed E-state index contributed by atoms with van der Waals surface area (Å²) in [6.07, 6.45) is 1.40. The number of fused-ring (bicyclic) bond motifs is 1. The molecule has 3 rings (SSSR count). The Balaban J connectivity index is 1.49. The van der Waals surface area contributed by atoms with Crippen molar-refractivity contribution in [3.05, 3.63) is 59.4 Å². The molecule has 0 saturated carbocycles. The summed E-state index contributed by atoms with van der Waals surface area (Å²) in [5.74, 6) is 0.121. The maximum Gasteiger partial charge on any atom is 0.224 e. The van der Waals surface area contributed by atoms with E-state index in [0.29, 0.717) is 18.6 Å². The van der Waals surface area contributed by atoms with E-state index in [1.165, 1.54) is 24.3 Å². The number of aryl methyl sites for hydroxylation is 1. The van der Waals surface area contributed by atoms with Crippen molar-refractivity contribution in [3.8, 4) is 5.75 Å². The number of hydrogen-bond acceptors (Lipinski definition) is 3. The highest BCUT2D eigenvalue weighted by Gasteiger charge is 2.17. The molecular weight excluding hydrogens is 335 g/mol. The molecule has 0 bridgehead atoms. The van der Waals surface area contributed by atoms with Gasteiger partial charge in [-0.2, -0.15) is 0 Å². The highest BCUT2D eigenvalue weighted by atomic mass is 19.1. The number of ether oxygens (including phenoxy) is 1. The summed E-state index contributed by atoms with van der Waals surface area (Å²) in [5.41, 5.74) is 2.92. The Bertz CT molecular complexity index is 805. The van der Waals surface area contributed by atoms with Crippen LogP contribution in [-0.2, 0) is 16.0 Å². The zero-order valence-electron chi connectivity index (χ0n) is 14.5. The van der Waals surface area contributed by atoms with E-state index in [4.69, 9.17) is 4.74 Å². The van der Waals surface area contributed by atoms with Gasteiger partial charge in [0.2, 0.25) is 11.8 Å². The molecule has 2 aromatic carbocycles. The standard InChI is InChI=1S/C20H21FN2O3/c1-13(14-2-8-18-15(12-14)3-9-19(24)23-18)22-20(25)10-11-26-17-6-4-16(21)5-7-17/h2,4-8,12-13H,3,9-11H2,1H3,(H,22,25)(H,23,24). The first-order valence-electron chi connectivity index (χ1n) is 8.61. The largest absolute Gasteiger partial charge is 0.493 e. The number of halogens is 1. The topological polar surface area (TPSA) is 67.4 Å². The van der Waals surface area contributed by atoms with Crippen LogP contribution in [-0.4, -0.2) is 18.4 Å². The van der Waals surface area contributed by atoms with Gasteiger partial charge in [-0.05, 0) is 54.8 Å². The lowest BCUT2D eigenvalue weighted by atomic mass is 9.98. The summed E-state index contributed by atoms with van der Waals surface area (Å²) in [5, 5.41) is 5.79. The molecule has 0 radical (unpaired) electrons. The van der Waals surface area contributed by atoms with Crippen LogP contribution < -0.4 is 15.4 Å². The van der Waals surface area contributed by atoms with Gasteiger partial charge >= 0.3 is 0 Å². The molecule has 0 aliphatic carbocycles. The molecule has 1 unspecified atom stereocenters. The van der Waals surface area contributed by atoms with E-state index < -0.39 is 0 Å². The second-order valence-corrected chi connectivity index (χ2v) is 6.31. The van der Waals surface area contributed by atoms with E-state index in [-0.39, 0.29) is 36.7 Å². The number of hydrogen-bond donors (Lipinski definition) is 2. The molecule has 6 heteroatoms. The summed E-state index contributed by atoms with van der Waals surface area (Å²) in [6.45, 7) is 2.14. The molecule has 26 heavy (non-hydrogen) atoms. The summed E-state index contributed by atoms with van der Waals surface area (Å²) in [4.78, 5) is 23.5. The molecular formula is C20H21FN2O3. The number of rotatable bonds is 6. The minimum absolute atomic E-state index is 0.0350. The van der Waals surface area contributed by atoms with Gasteiger partial charge < -0.3 is 15.4 Å². The summed E-state index contributed by atoms with van der Waals surface area (Å²) < 4.78 is 18.3. The molecule has 0 saturated heterocycles. The maximum absolute atomic E-state index is 12.8. The first-order valence-corrected chi connectivity index (χ1v) is 8.61. The molecule has 1 aliphatic rings. The van der Waals surface area contributed by atoms with E-state index in [1.54, 1.807) is 0 Å². The molecule has 1 aliphatic heterocycles. The van der Waals surface area contributed by atoms with Crippen molar-refractivity contribution in [2.75, 3.05) is 11.9 Å². The molecule has 136 valence electrons. The molecule has 1 atom stereocenters. The van der Waals surface area contributed by atoms with Crippen LogP contribution in [0.4, 0.5) is 10.1 Å². The van der Waals surface area contributed by atoms with Gasteiger partial charge in [0.25, 0.3) is 0 Å². The second-order valence-electron chi connectivity index (χ2n) is 6.31. The maximum atomic E-state index is 12.8. The van der Waals surface area contributed by atoms with Gasteiger partial charge in [0, 0.05) is 12.1 Å². The molecule has 2 amide bonds. The lowest BCUT2D eigenvalue weighted by Gasteiger charge is -2.20. The lowest BCUT2D eigenvalue weighted by molar-refractivity contribution is -0.122. The van der Waals surface area contributed by atoms with Gasteiger partial charge in [0.05, 0.1) is 19.1 Å². The monoisotopic (exact) mass is 356 g/mol. The fraction of sp³-hybridized carbons (Fsp3) is 0.300. The minimum atomic E-state index is -0.325. The van der Waals surface area contributed by atoms with Crippen molar-refractivity contribution in [3.63, 3.8) is 0 Å². The zero-order chi connectivity index (χ0) is 18.5. The van der Waals surface area contributed by atoms with E-state index >= 15 is 0 Å². The fourth-order valence-corrected chi connectivity index (χ4v) is 2.86. The third-order valence-corrected chi connectivity index (χ3v) is 4.31. The smallest absolute Gasteiger partial charge is 0.224 e. The normalized spacial score (nSPS) is 14.2. The van der Waals surface area contributed by atoms with Crippen LogP contribution in [0.5, 0.6) is 5.75 Å². The fourth-order valence-electron chi connectivity index (χ4n) is 2.86. The highest BCUT2D eigenvalue weighted by molar-refractivity contribution is 5.93. The Morgan fingerprint density at radius 1 is 1.23 bits per heavy atom. The molecule has 1 heterocycles. The van der Waals surface area contributed by atoms with Crippen molar-refractivity contribution in [2.45, 2.75) is 32.2 Å². The Hall–Kier alpha value is -2.89. The van der Waals surface area contributed by atoms with Gasteiger partial charge in [-0.1, -0.05) is 12.1 Å². The number of carbonyl (C=O) groups is 2. The second kappa shape index (κ2) is 7.99. The van der Waals surface area contributed by atoms with Crippen LogP contribution in [0.3, 0.4) is 0 Å².